The topological polar surface area (TPSA) is 114 Å². The number of rotatable bonds is 2. The maximum atomic E-state index is 12.2. The van der Waals surface area contributed by atoms with Gasteiger partial charge in [0.2, 0.25) is 11.4 Å². The first-order valence-corrected chi connectivity index (χ1v) is 7.91. The van der Waals surface area contributed by atoms with E-state index >= 15 is 0 Å². The van der Waals surface area contributed by atoms with Gasteiger partial charge in [-0.2, -0.15) is 0 Å². The molecule has 0 aliphatic carbocycles. The molecule has 4 heterocycles. The van der Waals surface area contributed by atoms with E-state index in [1.807, 2.05) is 0 Å². The first-order chi connectivity index (χ1) is 11.6. The lowest BCUT2D eigenvalue weighted by Crippen LogP contribution is -2.70. The van der Waals surface area contributed by atoms with Crippen molar-refractivity contribution in [3.8, 4) is 0 Å². The molecule has 24 heavy (non-hydrogen) atoms. The molecule has 0 amide bonds. The van der Waals surface area contributed by atoms with Gasteiger partial charge in [0.1, 0.15) is 26.4 Å². The molecule has 0 atom stereocenters. The normalized spacial score (nSPS) is 41.3. The average molecular weight is 344 g/mol. The fourth-order valence-corrected chi connectivity index (χ4v) is 3.34. The number of carbonyl (C=O) groups is 2. The first-order valence-electron chi connectivity index (χ1n) is 7.91. The molecule has 10 nitrogen and oxygen atoms in total. The summed E-state index contributed by atoms with van der Waals surface area (Å²) in [5.41, 5.74) is -2.31. The van der Waals surface area contributed by atoms with Gasteiger partial charge in [-0.3, -0.25) is 10.6 Å². The minimum absolute atomic E-state index is 0.0733. The molecule has 2 N–H and O–H groups in total. The number of esters is 2. The van der Waals surface area contributed by atoms with E-state index in [0.717, 1.165) is 0 Å². The van der Waals surface area contributed by atoms with Crippen molar-refractivity contribution in [1.29, 1.82) is 0 Å². The Kier molecular flexibility index (Phi) is 4.19. The predicted octanol–water partition coefficient (Wildman–Crippen LogP) is -2.50. The molecular weight excluding hydrogens is 324 g/mol. The standard InChI is InChI=1S/C14H20N2O8/c17-11(23-13-5-19-1-9(15-13)2-20-6-13)12(18)24-14-7-21-3-10(16-14)4-22-8-14/h9-10,15-16H,1-8H2. The Morgan fingerprint density at radius 1 is 0.708 bits per heavy atom. The highest BCUT2D eigenvalue weighted by Crippen LogP contribution is 2.23. The summed E-state index contributed by atoms with van der Waals surface area (Å²) in [4.78, 5) is 24.4. The summed E-state index contributed by atoms with van der Waals surface area (Å²) in [5, 5.41) is 6.26. The molecule has 0 spiro atoms. The zero-order valence-electron chi connectivity index (χ0n) is 13.1. The minimum atomic E-state index is -1.16. The molecule has 0 saturated carbocycles. The third-order valence-corrected chi connectivity index (χ3v) is 4.29. The second-order valence-electron chi connectivity index (χ2n) is 6.51. The zero-order valence-corrected chi connectivity index (χ0v) is 13.1. The number of carbonyl (C=O) groups excluding carboxylic acids is 2. The number of hydrogen-bond acceptors (Lipinski definition) is 10. The molecule has 4 rings (SSSR count). The highest BCUT2D eigenvalue weighted by atomic mass is 16.7. The van der Waals surface area contributed by atoms with Crippen LogP contribution < -0.4 is 10.6 Å². The van der Waals surface area contributed by atoms with E-state index in [1.54, 1.807) is 0 Å². The summed E-state index contributed by atoms with van der Waals surface area (Å²) in [6.07, 6.45) is 0. The SMILES string of the molecule is O=C(OC12COCC(COC1)N2)C(=O)OC12COCC(COC1)N2. The molecule has 4 fully saturated rings. The van der Waals surface area contributed by atoms with Gasteiger partial charge in [0.05, 0.1) is 38.5 Å². The van der Waals surface area contributed by atoms with Gasteiger partial charge >= 0.3 is 11.9 Å². The number of ether oxygens (including phenoxy) is 6. The highest BCUT2D eigenvalue weighted by Gasteiger charge is 2.48. The van der Waals surface area contributed by atoms with Crippen molar-refractivity contribution < 1.29 is 38.0 Å². The Hall–Kier alpha value is -1.30. The Balaban J connectivity index is 1.38. The Labute approximate surface area is 138 Å². The molecule has 4 aliphatic heterocycles. The lowest BCUT2D eigenvalue weighted by atomic mass is 10.1. The van der Waals surface area contributed by atoms with Crippen LogP contribution in [-0.4, -0.2) is 88.3 Å². The van der Waals surface area contributed by atoms with E-state index in [9.17, 15) is 9.59 Å². The van der Waals surface area contributed by atoms with Crippen molar-refractivity contribution >= 4 is 11.9 Å². The fourth-order valence-electron chi connectivity index (χ4n) is 3.34. The van der Waals surface area contributed by atoms with Crippen molar-refractivity contribution in [3.63, 3.8) is 0 Å². The summed E-state index contributed by atoms with van der Waals surface area (Å²) >= 11 is 0. The van der Waals surface area contributed by atoms with Crippen LogP contribution in [0, 0.1) is 0 Å². The van der Waals surface area contributed by atoms with E-state index in [1.165, 1.54) is 0 Å². The molecule has 4 aliphatic rings. The van der Waals surface area contributed by atoms with Crippen LogP contribution in [-0.2, 0) is 38.0 Å². The van der Waals surface area contributed by atoms with E-state index in [2.05, 4.69) is 10.6 Å². The van der Waals surface area contributed by atoms with Crippen LogP contribution >= 0.6 is 0 Å². The second-order valence-corrected chi connectivity index (χ2v) is 6.51. The fraction of sp³-hybridized carbons (Fsp3) is 0.857. The van der Waals surface area contributed by atoms with Crippen LogP contribution in [0.5, 0.6) is 0 Å². The van der Waals surface area contributed by atoms with E-state index in [4.69, 9.17) is 28.4 Å². The van der Waals surface area contributed by atoms with Gasteiger partial charge in [-0.1, -0.05) is 0 Å². The average Bonchev–Trinajstić information content (AvgIpc) is 2.54. The predicted molar refractivity (Wildman–Crippen MR) is 74.8 cm³/mol. The van der Waals surface area contributed by atoms with Crippen LogP contribution in [0.1, 0.15) is 0 Å². The Morgan fingerprint density at radius 3 is 1.38 bits per heavy atom. The van der Waals surface area contributed by atoms with Gasteiger partial charge < -0.3 is 28.4 Å². The molecule has 4 saturated heterocycles. The van der Waals surface area contributed by atoms with Crippen molar-refractivity contribution in [2.24, 2.45) is 0 Å². The quantitative estimate of drug-likeness (QED) is 0.412. The lowest BCUT2D eigenvalue weighted by molar-refractivity contribution is -0.237. The van der Waals surface area contributed by atoms with Crippen LogP contribution in [0.25, 0.3) is 0 Å². The van der Waals surface area contributed by atoms with Gasteiger partial charge in [0.15, 0.2) is 0 Å². The van der Waals surface area contributed by atoms with Crippen LogP contribution in [0.3, 0.4) is 0 Å². The van der Waals surface area contributed by atoms with Gasteiger partial charge in [0, 0.05) is 0 Å². The molecule has 4 bridgehead atoms. The van der Waals surface area contributed by atoms with Crippen molar-refractivity contribution in [2.45, 2.75) is 23.5 Å². The highest BCUT2D eigenvalue weighted by molar-refractivity contribution is 6.29. The third-order valence-electron chi connectivity index (χ3n) is 4.29. The Morgan fingerprint density at radius 2 is 1.04 bits per heavy atom. The number of fused-ring (bicyclic) bond motifs is 4. The number of morpholine rings is 4. The minimum Gasteiger partial charge on any atom is -0.430 e. The smallest absolute Gasteiger partial charge is 0.419 e. The number of nitrogens with one attached hydrogen (secondary N) is 2. The van der Waals surface area contributed by atoms with Gasteiger partial charge in [0.25, 0.3) is 0 Å². The van der Waals surface area contributed by atoms with Crippen molar-refractivity contribution in [2.75, 3.05) is 52.9 Å². The second kappa shape index (κ2) is 6.21. The maximum Gasteiger partial charge on any atom is 0.419 e. The molecule has 0 radical (unpaired) electrons. The molecule has 0 unspecified atom stereocenters. The summed E-state index contributed by atoms with van der Waals surface area (Å²) < 4.78 is 32.2. The Bertz CT molecular complexity index is 461. The molecule has 134 valence electrons. The summed E-state index contributed by atoms with van der Waals surface area (Å²) in [6.45, 7) is 2.31. The third kappa shape index (κ3) is 3.13. The monoisotopic (exact) mass is 344 g/mol. The summed E-state index contributed by atoms with van der Waals surface area (Å²) in [7, 11) is 0. The number of hydrogen-bond donors (Lipinski definition) is 2. The molecule has 0 aromatic carbocycles. The summed E-state index contributed by atoms with van der Waals surface area (Å²) in [6, 6.07) is -0.147. The molecule has 0 aromatic rings. The maximum absolute atomic E-state index is 12.2. The lowest BCUT2D eigenvalue weighted by Gasteiger charge is -2.45. The van der Waals surface area contributed by atoms with E-state index in [0.29, 0.717) is 26.4 Å². The van der Waals surface area contributed by atoms with Crippen LogP contribution in [0.4, 0.5) is 0 Å². The van der Waals surface area contributed by atoms with Gasteiger partial charge in [-0.05, 0) is 0 Å². The van der Waals surface area contributed by atoms with E-state index < -0.39 is 23.4 Å². The zero-order chi connectivity index (χ0) is 16.6. The van der Waals surface area contributed by atoms with Crippen LogP contribution in [0.2, 0.25) is 0 Å². The van der Waals surface area contributed by atoms with Gasteiger partial charge in [-0.25, -0.2) is 9.59 Å². The molecule has 0 aromatic heterocycles. The first kappa shape index (κ1) is 16.2. The summed E-state index contributed by atoms with van der Waals surface area (Å²) in [5.74, 6) is -2.22. The molecular formula is C14H20N2O8. The van der Waals surface area contributed by atoms with E-state index in [-0.39, 0.29) is 38.5 Å². The van der Waals surface area contributed by atoms with Crippen LogP contribution in [0.15, 0.2) is 0 Å². The van der Waals surface area contributed by atoms with Gasteiger partial charge in [-0.15, -0.1) is 0 Å². The van der Waals surface area contributed by atoms with Crippen molar-refractivity contribution in [3.05, 3.63) is 0 Å². The largest absolute Gasteiger partial charge is 0.430 e. The van der Waals surface area contributed by atoms with Crippen molar-refractivity contribution in [1.82, 2.24) is 10.6 Å². The molecule has 10 heteroatoms.